The summed E-state index contributed by atoms with van der Waals surface area (Å²) < 4.78 is 68.7. The van der Waals surface area contributed by atoms with Crippen molar-refractivity contribution in [3.8, 4) is 0 Å². The summed E-state index contributed by atoms with van der Waals surface area (Å²) in [6, 6.07) is 0. The molecule has 0 heterocycles. The molecule has 0 bridgehead atoms. The van der Waals surface area contributed by atoms with Crippen molar-refractivity contribution in [3.05, 3.63) is 170 Å². The molecule has 0 aliphatic heterocycles. The van der Waals surface area contributed by atoms with Crippen LogP contribution in [0.15, 0.2) is 170 Å². The van der Waals surface area contributed by atoms with Crippen molar-refractivity contribution >= 4 is 39.5 Å². The Morgan fingerprint density at radius 3 is 0.750 bits per heavy atom. The summed E-state index contributed by atoms with van der Waals surface area (Å²) in [7, 11) is -10.00. The van der Waals surface area contributed by atoms with Gasteiger partial charge in [0, 0.05) is 25.7 Å². The van der Waals surface area contributed by atoms with E-state index in [1.807, 2.05) is 0 Å². The Balaban J connectivity index is 5.44. The third-order valence-corrected chi connectivity index (χ3v) is 18.6. The molecular formula is C89H146O17P2. The molecule has 0 aliphatic carbocycles. The molecule has 0 spiro atoms. The lowest BCUT2D eigenvalue weighted by Gasteiger charge is -2.21. The number of carbonyl (C=O) groups excluding carboxylic acids is 4. The summed E-state index contributed by atoms with van der Waals surface area (Å²) in [5, 5.41) is 10.7. The van der Waals surface area contributed by atoms with Crippen molar-refractivity contribution in [1.82, 2.24) is 0 Å². The third-order valence-electron chi connectivity index (χ3n) is 16.7. The minimum Gasteiger partial charge on any atom is -0.462 e. The topological polar surface area (TPSA) is 237 Å². The number of esters is 4. The first kappa shape index (κ1) is 102. The number of carbonyl (C=O) groups is 4. The zero-order valence-corrected chi connectivity index (χ0v) is 69.0. The van der Waals surface area contributed by atoms with Crippen molar-refractivity contribution in [3.63, 3.8) is 0 Å². The Kier molecular flexibility index (Phi) is 75.4. The fourth-order valence-corrected chi connectivity index (χ4v) is 12.0. The highest BCUT2D eigenvalue weighted by atomic mass is 31.2. The average molecular weight is 1550 g/mol. The quantitative estimate of drug-likeness (QED) is 0.0169. The van der Waals surface area contributed by atoms with Gasteiger partial charge < -0.3 is 33.8 Å². The summed E-state index contributed by atoms with van der Waals surface area (Å²) in [5.41, 5.74) is 0. The van der Waals surface area contributed by atoms with E-state index in [0.29, 0.717) is 25.7 Å². The first-order valence-corrected chi connectivity index (χ1v) is 44.4. The van der Waals surface area contributed by atoms with Gasteiger partial charge in [-0.3, -0.25) is 37.3 Å². The Morgan fingerprint density at radius 1 is 0.269 bits per heavy atom. The van der Waals surface area contributed by atoms with Gasteiger partial charge in [-0.15, -0.1) is 0 Å². The molecule has 5 unspecified atom stereocenters. The van der Waals surface area contributed by atoms with Crippen molar-refractivity contribution in [2.24, 2.45) is 0 Å². The minimum absolute atomic E-state index is 0.0654. The summed E-state index contributed by atoms with van der Waals surface area (Å²) in [4.78, 5) is 73.2. The van der Waals surface area contributed by atoms with E-state index in [2.05, 4.69) is 198 Å². The predicted octanol–water partition coefficient (Wildman–Crippen LogP) is 24.6. The highest BCUT2D eigenvalue weighted by Gasteiger charge is 2.30. The molecule has 614 valence electrons. The Bertz CT molecular complexity index is 2710. The summed E-state index contributed by atoms with van der Waals surface area (Å²) >= 11 is 0. The van der Waals surface area contributed by atoms with E-state index in [4.69, 9.17) is 37.0 Å². The maximum Gasteiger partial charge on any atom is 0.472 e. The van der Waals surface area contributed by atoms with Crippen LogP contribution in [0.3, 0.4) is 0 Å². The molecule has 0 fully saturated rings. The number of phosphoric acid groups is 2. The lowest BCUT2D eigenvalue weighted by atomic mass is 10.1. The van der Waals surface area contributed by atoms with Crippen molar-refractivity contribution < 1.29 is 80.2 Å². The number of hydrogen-bond donors (Lipinski definition) is 3. The van der Waals surface area contributed by atoms with Gasteiger partial charge in [-0.2, -0.15) is 0 Å². The smallest absolute Gasteiger partial charge is 0.462 e. The Hall–Kier alpha value is -5.58. The van der Waals surface area contributed by atoms with Crippen molar-refractivity contribution in [2.75, 3.05) is 39.6 Å². The van der Waals surface area contributed by atoms with Gasteiger partial charge in [0.2, 0.25) is 0 Å². The highest BCUT2D eigenvalue weighted by molar-refractivity contribution is 7.47. The number of unbranched alkanes of at least 4 members (excludes halogenated alkanes) is 22. The molecule has 0 aliphatic rings. The minimum atomic E-state index is -5.00. The monoisotopic (exact) mass is 1550 g/mol. The first-order valence-electron chi connectivity index (χ1n) is 41.4. The predicted molar refractivity (Wildman–Crippen MR) is 445 cm³/mol. The molecule has 0 radical (unpaired) electrons. The second-order valence-corrected chi connectivity index (χ2v) is 29.8. The average Bonchev–Trinajstić information content (AvgIpc) is 0.923. The summed E-state index contributed by atoms with van der Waals surface area (Å²) in [6.07, 6.45) is 94.6. The molecule has 17 nitrogen and oxygen atoms in total. The Labute approximate surface area is 654 Å². The van der Waals surface area contributed by atoms with Gasteiger partial charge in [0.05, 0.1) is 26.4 Å². The summed E-state index contributed by atoms with van der Waals surface area (Å²) in [5.74, 6) is -2.27. The lowest BCUT2D eigenvalue weighted by molar-refractivity contribution is -0.161. The van der Waals surface area contributed by atoms with E-state index in [0.717, 1.165) is 212 Å². The van der Waals surface area contributed by atoms with Crippen LogP contribution in [0.25, 0.3) is 0 Å². The number of hydrogen-bond acceptors (Lipinski definition) is 15. The van der Waals surface area contributed by atoms with E-state index < -0.39 is 97.5 Å². The van der Waals surface area contributed by atoms with Crippen LogP contribution in [-0.2, 0) is 65.4 Å². The molecule has 0 aromatic heterocycles. The normalized spacial score (nSPS) is 14.7. The van der Waals surface area contributed by atoms with E-state index in [-0.39, 0.29) is 25.7 Å². The van der Waals surface area contributed by atoms with Crippen LogP contribution in [0, 0.1) is 0 Å². The van der Waals surface area contributed by atoms with Crippen LogP contribution in [0.4, 0.5) is 0 Å². The zero-order chi connectivity index (χ0) is 78.9. The van der Waals surface area contributed by atoms with Crippen LogP contribution in [-0.4, -0.2) is 96.7 Å². The largest absolute Gasteiger partial charge is 0.472 e. The summed E-state index contributed by atoms with van der Waals surface area (Å²) in [6.45, 7) is 4.42. The maximum absolute atomic E-state index is 13.1. The third kappa shape index (κ3) is 78.5. The molecule has 0 rings (SSSR count). The van der Waals surface area contributed by atoms with Gasteiger partial charge in [0.25, 0.3) is 0 Å². The molecule has 0 aromatic rings. The van der Waals surface area contributed by atoms with Gasteiger partial charge in [-0.25, -0.2) is 9.13 Å². The number of allylic oxidation sites excluding steroid dienone is 28. The number of aliphatic hydroxyl groups excluding tert-OH is 1. The van der Waals surface area contributed by atoms with E-state index >= 15 is 0 Å². The molecule has 19 heteroatoms. The fraction of sp³-hybridized carbons (Fsp3) is 0.640. The lowest BCUT2D eigenvalue weighted by Crippen LogP contribution is -2.30. The first-order chi connectivity index (χ1) is 52.7. The van der Waals surface area contributed by atoms with E-state index in [1.54, 1.807) is 0 Å². The maximum atomic E-state index is 13.1. The van der Waals surface area contributed by atoms with Gasteiger partial charge in [0.15, 0.2) is 12.2 Å². The number of aliphatic hydroxyl groups is 1. The molecule has 0 amide bonds. The van der Waals surface area contributed by atoms with E-state index in [9.17, 15) is 43.2 Å². The number of rotatable bonds is 76. The SMILES string of the molecule is CC/C=C\C/C=C\C/C=C\C/C=C\C/C=C\CCCCCC(=O)OCC(COP(=O)(O)OCC(O)COP(=O)(O)OCC(COC(=O)CCCCCCCC/C=C\C/C=C\C/C=C\C/C=C\CC)OC(=O)CCCCCCC/C=C\C/C=C\C/C=C\CC)OC(=O)CCCCCCC/C=C\C/C=C\CCCCC. The second-order valence-electron chi connectivity index (χ2n) is 26.9. The van der Waals surface area contributed by atoms with Gasteiger partial charge in [-0.1, -0.05) is 281 Å². The van der Waals surface area contributed by atoms with Crippen molar-refractivity contribution in [1.29, 1.82) is 0 Å². The molecule has 0 saturated carbocycles. The molecule has 3 N–H and O–H groups in total. The molecule has 5 atom stereocenters. The van der Waals surface area contributed by atoms with Crippen molar-refractivity contribution in [2.45, 2.75) is 329 Å². The standard InChI is InChI=1S/C89H146O17P2/c1-5-9-13-17-21-25-29-33-37-39-41-43-47-49-53-57-61-65-69-73-86(91)99-79-84(105-88(93)75-71-67-63-59-55-51-45-35-31-27-23-19-15-11-7-3)81-103-107(95,96)101-77-83(90)78-102-108(97,98)104-82-85(106-89(94)76-72-68-64-60-56-52-46-36-32-28-24-20-16-12-8-4)80-100-87(92)74-70-66-62-58-54-50-48-44-42-40-38-34-30-26-22-18-14-10-6-2/h9-11,13-15,21-28,33-38,41-46,50,54,83-85,90H,5-8,12,16-20,29-32,39-40,47-49,51-53,55-82H2,1-4H3,(H,95,96)(H,97,98)/b13-9-,14-10-,15-11-,25-21-,26-22-,27-23-,28-24-,37-33-,38-34-,43-41-,44-42-,45-35-,46-36-,54-50-. The van der Waals surface area contributed by atoms with Crippen LogP contribution < -0.4 is 0 Å². The number of phosphoric ester groups is 2. The molecule has 108 heavy (non-hydrogen) atoms. The Morgan fingerprint density at radius 2 is 0.481 bits per heavy atom. The van der Waals surface area contributed by atoms with Gasteiger partial charge >= 0.3 is 39.5 Å². The highest BCUT2D eigenvalue weighted by Crippen LogP contribution is 2.45. The van der Waals surface area contributed by atoms with Crippen LogP contribution in [0.2, 0.25) is 0 Å². The molecular weight excluding hydrogens is 1400 g/mol. The zero-order valence-electron chi connectivity index (χ0n) is 67.2. The van der Waals surface area contributed by atoms with Gasteiger partial charge in [-0.05, 0) is 173 Å². The second kappa shape index (κ2) is 79.5. The van der Waals surface area contributed by atoms with E-state index in [1.165, 1.54) is 19.3 Å². The molecule has 0 aromatic carbocycles. The number of ether oxygens (including phenoxy) is 4. The van der Waals surface area contributed by atoms with Crippen LogP contribution in [0.1, 0.15) is 310 Å². The fourth-order valence-electron chi connectivity index (χ4n) is 10.5. The van der Waals surface area contributed by atoms with Crippen LogP contribution in [0.5, 0.6) is 0 Å². The molecule has 0 saturated heterocycles. The van der Waals surface area contributed by atoms with Crippen LogP contribution >= 0.6 is 15.6 Å². The van der Waals surface area contributed by atoms with Gasteiger partial charge in [0.1, 0.15) is 19.3 Å².